The minimum atomic E-state index is -0.182. The zero-order chi connectivity index (χ0) is 10.7. The second kappa shape index (κ2) is 4.62. The monoisotopic (exact) mass is 208 g/mol. The van der Waals surface area contributed by atoms with E-state index in [9.17, 15) is 4.39 Å². The summed E-state index contributed by atoms with van der Waals surface area (Å²) in [7, 11) is 0. The predicted octanol–water partition coefficient (Wildman–Crippen LogP) is 2.24. The molecule has 3 heteroatoms. The molecule has 0 aliphatic carbocycles. The molecule has 0 spiro atoms. The first-order chi connectivity index (χ1) is 7.25. The quantitative estimate of drug-likeness (QED) is 0.779. The first-order valence-electron chi connectivity index (χ1n) is 5.48. The smallest absolute Gasteiger partial charge is 0.123 e. The Morgan fingerprint density at radius 1 is 1.33 bits per heavy atom. The molecule has 0 aromatic heterocycles. The number of nitrogens with one attached hydrogen (secondary N) is 2. The van der Waals surface area contributed by atoms with Gasteiger partial charge in [-0.1, -0.05) is 6.92 Å². The maximum atomic E-state index is 12.7. The van der Waals surface area contributed by atoms with Gasteiger partial charge >= 0.3 is 0 Å². The van der Waals surface area contributed by atoms with Gasteiger partial charge in [-0.15, -0.1) is 0 Å². The third kappa shape index (κ3) is 2.69. The number of hydrogen-bond acceptors (Lipinski definition) is 2. The molecule has 82 valence electrons. The van der Waals surface area contributed by atoms with Crippen LogP contribution in [0.25, 0.3) is 0 Å². The fourth-order valence-electron chi connectivity index (χ4n) is 1.99. The molecule has 1 aromatic carbocycles. The van der Waals surface area contributed by atoms with Crippen LogP contribution < -0.4 is 10.6 Å². The Balaban J connectivity index is 1.98. The van der Waals surface area contributed by atoms with Crippen LogP contribution in [0.2, 0.25) is 0 Å². The summed E-state index contributed by atoms with van der Waals surface area (Å²) < 4.78 is 12.7. The lowest BCUT2D eigenvalue weighted by atomic mass is 9.95. The van der Waals surface area contributed by atoms with E-state index in [-0.39, 0.29) is 5.82 Å². The predicted molar refractivity (Wildman–Crippen MR) is 60.5 cm³/mol. The van der Waals surface area contributed by atoms with Crippen molar-refractivity contribution < 1.29 is 4.39 Å². The molecular weight excluding hydrogens is 191 g/mol. The van der Waals surface area contributed by atoms with Gasteiger partial charge in [0.15, 0.2) is 0 Å². The van der Waals surface area contributed by atoms with E-state index in [0.29, 0.717) is 12.0 Å². The van der Waals surface area contributed by atoms with E-state index in [0.717, 1.165) is 25.2 Å². The highest BCUT2D eigenvalue weighted by Crippen LogP contribution is 2.17. The normalized spacial score (nSPS) is 26.3. The van der Waals surface area contributed by atoms with E-state index in [2.05, 4.69) is 17.6 Å². The van der Waals surface area contributed by atoms with Crippen LogP contribution in [-0.2, 0) is 0 Å². The lowest BCUT2D eigenvalue weighted by Crippen LogP contribution is -2.42. The van der Waals surface area contributed by atoms with Crippen molar-refractivity contribution in [1.29, 1.82) is 0 Å². The first-order valence-corrected chi connectivity index (χ1v) is 5.48. The Morgan fingerprint density at radius 2 is 2.07 bits per heavy atom. The van der Waals surface area contributed by atoms with Crippen LogP contribution >= 0.6 is 0 Å². The SMILES string of the molecule is CC1CNCCC1Nc1ccc(F)cc1. The third-order valence-electron chi connectivity index (χ3n) is 2.98. The van der Waals surface area contributed by atoms with E-state index >= 15 is 0 Å². The second-order valence-electron chi connectivity index (χ2n) is 4.23. The van der Waals surface area contributed by atoms with Gasteiger partial charge in [-0.3, -0.25) is 0 Å². The number of rotatable bonds is 2. The van der Waals surface area contributed by atoms with E-state index in [4.69, 9.17) is 0 Å². The van der Waals surface area contributed by atoms with Gasteiger partial charge in [0.05, 0.1) is 0 Å². The second-order valence-corrected chi connectivity index (χ2v) is 4.23. The maximum Gasteiger partial charge on any atom is 0.123 e. The van der Waals surface area contributed by atoms with Crippen LogP contribution in [-0.4, -0.2) is 19.1 Å². The molecule has 2 nitrogen and oxygen atoms in total. The molecule has 2 unspecified atom stereocenters. The molecule has 1 aromatic rings. The van der Waals surface area contributed by atoms with Gasteiger partial charge < -0.3 is 10.6 Å². The van der Waals surface area contributed by atoms with Gasteiger partial charge in [-0.05, 0) is 49.7 Å². The van der Waals surface area contributed by atoms with Crippen molar-refractivity contribution in [2.45, 2.75) is 19.4 Å². The molecular formula is C12H17FN2. The minimum Gasteiger partial charge on any atom is -0.382 e. The Morgan fingerprint density at radius 3 is 2.73 bits per heavy atom. The summed E-state index contributed by atoms with van der Waals surface area (Å²) >= 11 is 0. The zero-order valence-corrected chi connectivity index (χ0v) is 8.96. The highest BCUT2D eigenvalue weighted by Gasteiger charge is 2.20. The van der Waals surface area contributed by atoms with Crippen molar-refractivity contribution >= 4 is 5.69 Å². The van der Waals surface area contributed by atoms with E-state index in [1.54, 1.807) is 12.1 Å². The number of hydrogen-bond donors (Lipinski definition) is 2. The fourth-order valence-corrected chi connectivity index (χ4v) is 1.99. The van der Waals surface area contributed by atoms with Crippen LogP contribution in [0, 0.1) is 11.7 Å². The van der Waals surface area contributed by atoms with Gasteiger partial charge in [0.1, 0.15) is 5.82 Å². The van der Waals surface area contributed by atoms with Gasteiger partial charge in [0.25, 0.3) is 0 Å². The van der Waals surface area contributed by atoms with Crippen molar-refractivity contribution in [1.82, 2.24) is 5.32 Å². The average Bonchev–Trinajstić information content (AvgIpc) is 2.25. The van der Waals surface area contributed by atoms with E-state index < -0.39 is 0 Å². The number of piperidine rings is 1. The number of anilines is 1. The standard InChI is InChI=1S/C12H17FN2/c1-9-8-14-7-6-12(9)15-11-4-2-10(13)3-5-11/h2-5,9,12,14-15H,6-8H2,1H3. The highest BCUT2D eigenvalue weighted by atomic mass is 19.1. The Hall–Kier alpha value is -1.09. The van der Waals surface area contributed by atoms with Crippen molar-refractivity contribution in [3.63, 3.8) is 0 Å². The molecule has 1 saturated heterocycles. The summed E-state index contributed by atoms with van der Waals surface area (Å²) in [6.07, 6.45) is 1.12. The van der Waals surface area contributed by atoms with Gasteiger partial charge in [-0.2, -0.15) is 0 Å². The Bertz CT molecular complexity index is 310. The molecule has 1 fully saturated rings. The molecule has 0 amide bonds. The summed E-state index contributed by atoms with van der Waals surface area (Å²) in [5.41, 5.74) is 1.01. The van der Waals surface area contributed by atoms with Crippen LogP contribution in [0.1, 0.15) is 13.3 Å². The molecule has 15 heavy (non-hydrogen) atoms. The molecule has 2 N–H and O–H groups in total. The molecule has 1 heterocycles. The molecule has 2 rings (SSSR count). The van der Waals surface area contributed by atoms with Gasteiger partial charge in [0.2, 0.25) is 0 Å². The summed E-state index contributed by atoms with van der Waals surface area (Å²) in [5.74, 6) is 0.433. The summed E-state index contributed by atoms with van der Waals surface area (Å²) in [4.78, 5) is 0. The summed E-state index contributed by atoms with van der Waals surface area (Å²) in [6, 6.07) is 7.08. The summed E-state index contributed by atoms with van der Waals surface area (Å²) in [5, 5.41) is 6.81. The van der Waals surface area contributed by atoms with Crippen molar-refractivity contribution in [3.05, 3.63) is 30.1 Å². The largest absolute Gasteiger partial charge is 0.382 e. The minimum absolute atomic E-state index is 0.182. The molecule has 2 atom stereocenters. The van der Waals surface area contributed by atoms with E-state index in [1.165, 1.54) is 12.1 Å². The number of halogens is 1. The molecule has 1 aliphatic rings. The Labute approximate surface area is 89.9 Å². The molecule has 0 saturated carbocycles. The average molecular weight is 208 g/mol. The zero-order valence-electron chi connectivity index (χ0n) is 8.96. The van der Waals surface area contributed by atoms with Gasteiger partial charge in [0, 0.05) is 11.7 Å². The van der Waals surface area contributed by atoms with Crippen LogP contribution in [0.15, 0.2) is 24.3 Å². The van der Waals surface area contributed by atoms with Crippen LogP contribution in [0.4, 0.5) is 10.1 Å². The lowest BCUT2D eigenvalue weighted by molar-refractivity contribution is 0.368. The maximum absolute atomic E-state index is 12.7. The Kier molecular flexibility index (Phi) is 3.21. The highest BCUT2D eigenvalue weighted by molar-refractivity contribution is 5.44. The van der Waals surface area contributed by atoms with Crippen molar-refractivity contribution in [3.8, 4) is 0 Å². The van der Waals surface area contributed by atoms with Crippen molar-refractivity contribution in [2.24, 2.45) is 5.92 Å². The van der Waals surface area contributed by atoms with E-state index in [1.807, 2.05) is 0 Å². The van der Waals surface area contributed by atoms with Crippen molar-refractivity contribution in [2.75, 3.05) is 18.4 Å². The van der Waals surface area contributed by atoms with Gasteiger partial charge in [-0.25, -0.2) is 4.39 Å². The molecule has 0 radical (unpaired) electrons. The van der Waals surface area contributed by atoms with Crippen LogP contribution in [0.3, 0.4) is 0 Å². The fraction of sp³-hybridized carbons (Fsp3) is 0.500. The molecule has 0 bridgehead atoms. The van der Waals surface area contributed by atoms with Crippen LogP contribution in [0.5, 0.6) is 0 Å². The molecule has 1 aliphatic heterocycles. The number of benzene rings is 1. The summed E-state index contributed by atoms with van der Waals surface area (Å²) in [6.45, 7) is 4.34. The first kappa shape index (κ1) is 10.4. The lowest BCUT2D eigenvalue weighted by Gasteiger charge is -2.31. The third-order valence-corrected chi connectivity index (χ3v) is 2.98. The topological polar surface area (TPSA) is 24.1 Å².